The third-order valence-electron chi connectivity index (χ3n) is 2.02. The number of primary sulfonamides is 1. The summed E-state index contributed by atoms with van der Waals surface area (Å²) in [4.78, 5) is 3.57. The van der Waals surface area contributed by atoms with E-state index in [4.69, 9.17) is 5.14 Å². The van der Waals surface area contributed by atoms with E-state index in [0.717, 1.165) is 12.3 Å². The zero-order chi connectivity index (χ0) is 11.6. The minimum absolute atomic E-state index is 0.0675. The maximum Gasteiger partial charge on any atom is 0.214 e. The van der Waals surface area contributed by atoms with Gasteiger partial charge >= 0.3 is 0 Å². The van der Waals surface area contributed by atoms with Crippen LogP contribution in [-0.4, -0.2) is 23.8 Å². The van der Waals surface area contributed by atoms with Gasteiger partial charge in [-0.05, 0) is 19.1 Å². The first-order valence-electron chi connectivity index (χ1n) is 4.13. The Bertz CT molecular complexity index is 432. The number of hydrogen-bond donors (Lipinski definition) is 2. The Labute approximate surface area is 86.8 Å². The normalized spacial score (nSPS) is 16.0. The molecule has 0 aliphatic carbocycles. The minimum Gasteiger partial charge on any atom is -0.385 e. The fraction of sp³-hybridized carbons (Fsp3) is 0.375. The maximum atomic E-state index is 12.5. The van der Waals surface area contributed by atoms with Crippen molar-refractivity contribution in [1.29, 1.82) is 0 Å². The van der Waals surface area contributed by atoms with Crippen molar-refractivity contribution < 1.29 is 17.9 Å². The molecule has 2 atom stereocenters. The predicted octanol–water partition coefficient (Wildman–Crippen LogP) is -0.0689. The number of halogens is 1. The molecule has 0 radical (unpaired) electrons. The highest BCUT2D eigenvalue weighted by Crippen LogP contribution is 2.18. The molecule has 1 rings (SSSR count). The van der Waals surface area contributed by atoms with E-state index in [-0.39, 0.29) is 5.69 Å². The van der Waals surface area contributed by atoms with Crippen molar-refractivity contribution in [1.82, 2.24) is 4.98 Å². The predicted molar refractivity (Wildman–Crippen MR) is 51.7 cm³/mol. The van der Waals surface area contributed by atoms with Crippen LogP contribution in [0.5, 0.6) is 0 Å². The first-order valence-corrected chi connectivity index (χ1v) is 5.74. The van der Waals surface area contributed by atoms with Gasteiger partial charge in [-0.25, -0.2) is 17.9 Å². The first-order chi connectivity index (χ1) is 6.82. The second kappa shape index (κ2) is 4.21. The molecule has 0 bridgehead atoms. The van der Waals surface area contributed by atoms with Gasteiger partial charge < -0.3 is 5.11 Å². The van der Waals surface area contributed by atoms with Gasteiger partial charge in [-0.2, -0.15) is 0 Å². The van der Waals surface area contributed by atoms with Crippen LogP contribution >= 0.6 is 0 Å². The van der Waals surface area contributed by atoms with E-state index in [1.54, 1.807) is 0 Å². The van der Waals surface area contributed by atoms with Crippen LogP contribution in [0.15, 0.2) is 18.3 Å². The molecule has 1 aromatic rings. The Balaban J connectivity index is 2.95. The molecule has 0 aliphatic heterocycles. The summed E-state index contributed by atoms with van der Waals surface area (Å²) in [5, 5.41) is 13.2. The van der Waals surface area contributed by atoms with E-state index in [0.29, 0.717) is 0 Å². The van der Waals surface area contributed by atoms with Crippen LogP contribution in [0.1, 0.15) is 18.7 Å². The summed E-state index contributed by atoms with van der Waals surface area (Å²) >= 11 is 0. The van der Waals surface area contributed by atoms with Crippen LogP contribution in [0, 0.1) is 5.82 Å². The minimum atomic E-state index is -3.84. The van der Waals surface area contributed by atoms with Gasteiger partial charge in [0.15, 0.2) is 0 Å². The SMILES string of the molecule is C[C@@H]([C@@H](O)c1ccc(F)cn1)S(N)(=O)=O. The molecule has 3 N–H and O–H groups in total. The largest absolute Gasteiger partial charge is 0.385 e. The van der Waals surface area contributed by atoms with E-state index >= 15 is 0 Å². The molecule has 15 heavy (non-hydrogen) atoms. The summed E-state index contributed by atoms with van der Waals surface area (Å²) in [7, 11) is -3.84. The molecule has 0 saturated carbocycles. The highest BCUT2D eigenvalue weighted by Gasteiger charge is 2.26. The summed E-state index contributed by atoms with van der Waals surface area (Å²) in [6.45, 7) is 1.25. The van der Waals surface area contributed by atoms with Crippen LogP contribution < -0.4 is 5.14 Å². The Morgan fingerprint density at radius 1 is 1.53 bits per heavy atom. The van der Waals surface area contributed by atoms with Gasteiger partial charge in [-0.3, -0.25) is 4.98 Å². The summed E-state index contributed by atoms with van der Waals surface area (Å²) in [5.74, 6) is -0.561. The van der Waals surface area contributed by atoms with Gasteiger partial charge in [0.25, 0.3) is 0 Å². The number of aliphatic hydroxyl groups excluding tert-OH is 1. The number of nitrogens with zero attached hydrogens (tertiary/aromatic N) is 1. The Hall–Kier alpha value is -1.05. The second-order valence-electron chi connectivity index (χ2n) is 3.14. The lowest BCUT2D eigenvalue weighted by Gasteiger charge is -2.15. The molecule has 0 aliphatic rings. The van der Waals surface area contributed by atoms with Gasteiger partial charge in [0.05, 0.1) is 11.9 Å². The number of nitrogens with two attached hydrogens (primary N) is 1. The Kier molecular flexibility index (Phi) is 3.38. The fourth-order valence-corrected chi connectivity index (χ4v) is 1.48. The zero-order valence-electron chi connectivity index (χ0n) is 7.96. The lowest BCUT2D eigenvalue weighted by molar-refractivity contribution is 0.171. The number of aromatic nitrogens is 1. The summed E-state index contributed by atoms with van der Waals surface area (Å²) in [6.07, 6.45) is -0.463. The topological polar surface area (TPSA) is 93.3 Å². The maximum absolute atomic E-state index is 12.5. The van der Waals surface area contributed by atoms with Crippen LogP contribution in [0.3, 0.4) is 0 Å². The number of sulfonamides is 1. The lowest BCUT2D eigenvalue weighted by atomic mass is 10.2. The van der Waals surface area contributed by atoms with Crippen LogP contribution in [-0.2, 0) is 10.0 Å². The highest BCUT2D eigenvalue weighted by atomic mass is 32.2. The molecule has 84 valence electrons. The van der Waals surface area contributed by atoms with Gasteiger partial charge in [0.1, 0.15) is 17.2 Å². The van der Waals surface area contributed by atoms with Crippen molar-refractivity contribution in [3.05, 3.63) is 29.8 Å². The third-order valence-corrected chi connectivity index (χ3v) is 3.31. The molecule has 0 unspecified atom stereocenters. The summed E-state index contributed by atoms with van der Waals surface area (Å²) < 4.78 is 34.4. The van der Waals surface area contributed by atoms with Crippen LogP contribution in [0.4, 0.5) is 4.39 Å². The number of pyridine rings is 1. The first kappa shape index (κ1) is 12.0. The molecule has 0 saturated heterocycles. The standard InChI is InChI=1S/C8H11FN2O3S/c1-5(15(10,13)14)8(12)7-3-2-6(9)4-11-7/h2-5,8,12H,1H3,(H2,10,13,14)/t5-,8+/m0/s1. The quantitative estimate of drug-likeness (QED) is 0.765. The molecule has 0 fully saturated rings. The van der Waals surface area contributed by atoms with Gasteiger partial charge in [0.2, 0.25) is 10.0 Å². The Morgan fingerprint density at radius 3 is 2.53 bits per heavy atom. The third kappa shape index (κ3) is 2.95. The van der Waals surface area contributed by atoms with E-state index in [2.05, 4.69) is 4.98 Å². The Morgan fingerprint density at radius 2 is 2.13 bits per heavy atom. The fourth-order valence-electron chi connectivity index (χ4n) is 0.982. The second-order valence-corrected chi connectivity index (χ2v) is 5.06. The molecular weight excluding hydrogens is 223 g/mol. The van der Waals surface area contributed by atoms with Gasteiger partial charge in [0, 0.05) is 0 Å². The van der Waals surface area contributed by atoms with Crippen LogP contribution in [0.25, 0.3) is 0 Å². The number of rotatable bonds is 3. The summed E-state index contributed by atoms with van der Waals surface area (Å²) in [6, 6.07) is 2.29. The van der Waals surface area contributed by atoms with Gasteiger partial charge in [-0.15, -0.1) is 0 Å². The smallest absolute Gasteiger partial charge is 0.214 e. The molecule has 0 spiro atoms. The molecule has 1 heterocycles. The van der Waals surface area contributed by atoms with E-state index in [9.17, 15) is 17.9 Å². The number of aliphatic hydroxyl groups is 1. The molecule has 5 nitrogen and oxygen atoms in total. The van der Waals surface area contributed by atoms with Crippen molar-refractivity contribution >= 4 is 10.0 Å². The van der Waals surface area contributed by atoms with Crippen molar-refractivity contribution in [2.75, 3.05) is 0 Å². The molecule has 0 amide bonds. The van der Waals surface area contributed by atoms with E-state index in [1.807, 2.05) is 0 Å². The van der Waals surface area contributed by atoms with Crippen molar-refractivity contribution in [3.63, 3.8) is 0 Å². The number of hydrogen-bond acceptors (Lipinski definition) is 4. The molecule has 0 aromatic carbocycles. The molecular formula is C8H11FN2O3S. The lowest BCUT2D eigenvalue weighted by Crippen LogP contribution is -2.31. The van der Waals surface area contributed by atoms with Crippen molar-refractivity contribution in [2.24, 2.45) is 5.14 Å². The van der Waals surface area contributed by atoms with Gasteiger partial charge in [-0.1, -0.05) is 0 Å². The average Bonchev–Trinajstić information content (AvgIpc) is 2.15. The van der Waals surface area contributed by atoms with Crippen LogP contribution in [0.2, 0.25) is 0 Å². The zero-order valence-corrected chi connectivity index (χ0v) is 8.78. The monoisotopic (exact) mass is 234 g/mol. The molecule has 1 aromatic heterocycles. The average molecular weight is 234 g/mol. The van der Waals surface area contributed by atoms with Crippen molar-refractivity contribution in [3.8, 4) is 0 Å². The molecule has 7 heteroatoms. The van der Waals surface area contributed by atoms with E-state index < -0.39 is 27.2 Å². The van der Waals surface area contributed by atoms with E-state index in [1.165, 1.54) is 13.0 Å². The van der Waals surface area contributed by atoms with Crippen molar-refractivity contribution in [2.45, 2.75) is 18.3 Å². The summed E-state index contributed by atoms with van der Waals surface area (Å²) in [5.41, 5.74) is 0.0675. The highest BCUT2D eigenvalue weighted by molar-refractivity contribution is 7.89.